The van der Waals surface area contributed by atoms with E-state index in [4.69, 9.17) is 5.84 Å². The Balaban J connectivity index is 2.67. The highest BCUT2D eigenvalue weighted by Crippen LogP contribution is 2.02. The number of tetrazole rings is 1. The first-order chi connectivity index (χ1) is 6.33. The average molecular weight is 179 g/mol. The highest BCUT2D eigenvalue weighted by atomic mass is 16.2. The van der Waals surface area contributed by atoms with Gasteiger partial charge in [-0.15, -0.1) is 9.73 Å². The summed E-state index contributed by atoms with van der Waals surface area (Å²) in [6.45, 7) is 0. The van der Waals surface area contributed by atoms with Crippen molar-refractivity contribution in [2.75, 3.05) is 0 Å². The van der Waals surface area contributed by atoms with Crippen LogP contribution in [0, 0.1) is 0 Å². The number of carbonyl (C=O) groups excluding carboxylic acids is 1. The maximum Gasteiger partial charge on any atom is 0.269 e. The third-order valence-electron chi connectivity index (χ3n) is 1.49. The first kappa shape index (κ1) is 7.55. The number of hydrazine groups is 1. The standard InChI is InChI=1S/C5H5N7O/c6-8-5(13)3-1-2-7-12-4(3)9-10-11-12/h1-2H,6H2,(H,8,13). The summed E-state index contributed by atoms with van der Waals surface area (Å²) in [6, 6.07) is 1.48. The predicted octanol–water partition coefficient (Wildman–Crippen LogP) is -1.88. The average Bonchev–Trinajstić information content (AvgIpc) is 2.63. The molecular formula is C5H5N7O. The Morgan fingerprint density at radius 2 is 2.46 bits per heavy atom. The number of nitrogens with zero attached hydrogens (tertiary/aromatic N) is 5. The van der Waals surface area contributed by atoms with Crippen LogP contribution in [0.2, 0.25) is 0 Å². The first-order valence-corrected chi connectivity index (χ1v) is 3.37. The van der Waals surface area contributed by atoms with Gasteiger partial charge in [0.2, 0.25) is 5.65 Å². The Hall–Kier alpha value is -2.09. The molecule has 0 aromatic carbocycles. The van der Waals surface area contributed by atoms with Crippen molar-refractivity contribution < 1.29 is 4.79 Å². The highest BCUT2D eigenvalue weighted by molar-refractivity contribution is 5.98. The Labute approximate surface area is 71.7 Å². The van der Waals surface area contributed by atoms with E-state index in [9.17, 15) is 4.79 Å². The molecule has 66 valence electrons. The molecule has 0 atom stereocenters. The lowest BCUT2D eigenvalue weighted by atomic mass is 10.3. The van der Waals surface area contributed by atoms with Crippen molar-refractivity contribution in [3.8, 4) is 0 Å². The van der Waals surface area contributed by atoms with Crippen LogP contribution in [0.1, 0.15) is 10.4 Å². The maximum atomic E-state index is 11.2. The molecule has 2 rings (SSSR count). The first-order valence-electron chi connectivity index (χ1n) is 3.37. The molecule has 0 unspecified atom stereocenters. The van der Waals surface area contributed by atoms with Crippen LogP contribution in [0.4, 0.5) is 0 Å². The van der Waals surface area contributed by atoms with Gasteiger partial charge in [-0.2, -0.15) is 5.10 Å². The molecule has 0 saturated heterocycles. The zero-order valence-electron chi connectivity index (χ0n) is 6.38. The van der Waals surface area contributed by atoms with Crippen LogP contribution in [0.5, 0.6) is 0 Å². The SMILES string of the molecule is NNC(=O)c1ccnn2nnnc12. The lowest BCUT2D eigenvalue weighted by Gasteiger charge is -1.97. The van der Waals surface area contributed by atoms with E-state index in [2.05, 4.69) is 20.6 Å². The fourth-order valence-corrected chi connectivity index (χ4v) is 0.923. The number of aromatic nitrogens is 5. The molecule has 0 bridgehead atoms. The van der Waals surface area contributed by atoms with Gasteiger partial charge in [-0.3, -0.25) is 10.2 Å². The molecule has 0 radical (unpaired) electrons. The van der Waals surface area contributed by atoms with Crippen molar-refractivity contribution >= 4 is 11.6 Å². The molecule has 0 saturated carbocycles. The third-order valence-corrected chi connectivity index (χ3v) is 1.49. The highest BCUT2D eigenvalue weighted by Gasteiger charge is 2.11. The number of hydrogen-bond donors (Lipinski definition) is 2. The van der Waals surface area contributed by atoms with Gasteiger partial charge in [0.1, 0.15) is 0 Å². The zero-order valence-corrected chi connectivity index (χ0v) is 6.38. The van der Waals surface area contributed by atoms with Gasteiger partial charge in [0, 0.05) is 0 Å². The van der Waals surface area contributed by atoms with Gasteiger partial charge in [0.15, 0.2) is 0 Å². The largest absolute Gasteiger partial charge is 0.290 e. The summed E-state index contributed by atoms with van der Waals surface area (Å²) < 4.78 is 1.14. The van der Waals surface area contributed by atoms with E-state index in [1.807, 2.05) is 5.43 Å². The molecular weight excluding hydrogens is 174 g/mol. The van der Waals surface area contributed by atoms with E-state index >= 15 is 0 Å². The van der Waals surface area contributed by atoms with Crippen molar-refractivity contribution in [2.24, 2.45) is 5.84 Å². The Kier molecular flexibility index (Phi) is 1.60. The van der Waals surface area contributed by atoms with Crippen molar-refractivity contribution in [3.05, 3.63) is 17.8 Å². The summed E-state index contributed by atoms with van der Waals surface area (Å²) in [6.07, 6.45) is 1.41. The van der Waals surface area contributed by atoms with Crippen molar-refractivity contribution in [1.29, 1.82) is 0 Å². The van der Waals surface area contributed by atoms with Crippen molar-refractivity contribution in [2.45, 2.75) is 0 Å². The van der Waals surface area contributed by atoms with Gasteiger partial charge in [-0.1, -0.05) is 0 Å². The van der Waals surface area contributed by atoms with Gasteiger partial charge >= 0.3 is 0 Å². The van der Waals surface area contributed by atoms with E-state index in [-0.39, 0.29) is 11.2 Å². The monoisotopic (exact) mass is 179 g/mol. The summed E-state index contributed by atoms with van der Waals surface area (Å²) >= 11 is 0. The molecule has 0 fully saturated rings. The van der Waals surface area contributed by atoms with E-state index < -0.39 is 5.91 Å². The molecule has 0 spiro atoms. The van der Waals surface area contributed by atoms with Crippen LogP contribution < -0.4 is 11.3 Å². The predicted molar refractivity (Wildman–Crippen MR) is 40.2 cm³/mol. The molecule has 8 heteroatoms. The normalized spacial score (nSPS) is 10.2. The summed E-state index contributed by atoms with van der Waals surface area (Å²) in [5, 5.41) is 14.3. The Morgan fingerprint density at radius 3 is 3.23 bits per heavy atom. The molecule has 1 amide bonds. The Morgan fingerprint density at radius 1 is 1.62 bits per heavy atom. The second kappa shape index (κ2) is 2.75. The lowest BCUT2D eigenvalue weighted by molar-refractivity contribution is 0.0954. The van der Waals surface area contributed by atoms with Gasteiger partial charge in [-0.25, -0.2) is 5.84 Å². The quantitative estimate of drug-likeness (QED) is 0.301. The van der Waals surface area contributed by atoms with E-state index in [0.29, 0.717) is 0 Å². The van der Waals surface area contributed by atoms with Crippen LogP contribution in [-0.4, -0.2) is 31.2 Å². The minimum Gasteiger partial charge on any atom is -0.290 e. The molecule has 13 heavy (non-hydrogen) atoms. The maximum absolute atomic E-state index is 11.2. The van der Waals surface area contributed by atoms with Gasteiger partial charge in [0.25, 0.3) is 5.91 Å². The lowest BCUT2D eigenvalue weighted by Crippen LogP contribution is -2.30. The van der Waals surface area contributed by atoms with E-state index in [1.165, 1.54) is 12.3 Å². The number of fused-ring (bicyclic) bond motifs is 1. The minimum absolute atomic E-state index is 0.269. The minimum atomic E-state index is -0.456. The fourth-order valence-electron chi connectivity index (χ4n) is 0.923. The fraction of sp³-hybridized carbons (Fsp3) is 0. The van der Waals surface area contributed by atoms with Gasteiger partial charge in [-0.05, 0) is 16.5 Å². The number of hydrogen-bond acceptors (Lipinski definition) is 6. The number of nitrogen functional groups attached to an aromatic ring is 1. The van der Waals surface area contributed by atoms with Crippen LogP contribution in [0.25, 0.3) is 5.65 Å². The number of carbonyl (C=O) groups is 1. The molecule has 3 N–H and O–H groups in total. The number of nitrogens with two attached hydrogens (primary N) is 1. The van der Waals surface area contributed by atoms with Crippen LogP contribution in [0.15, 0.2) is 12.3 Å². The summed E-state index contributed by atoms with van der Waals surface area (Å²) in [4.78, 5) is 11.2. The third kappa shape index (κ3) is 1.08. The van der Waals surface area contributed by atoms with Crippen molar-refractivity contribution in [1.82, 2.24) is 30.7 Å². The zero-order chi connectivity index (χ0) is 9.26. The van der Waals surface area contributed by atoms with Crippen LogP contribution >= 0.6 is 0 Å². The molecule has 2 aromatic heterocycles. The van der Waals surface area contributed by atoms with E-state index in [1.54, 1.807) is 0 Å². The van der Waals surface area contributed by atoms with Crippen LogP contribution in [-0.2, 0) is 0 Å². The second-order valence-corrected chi connectivity index (χ2v) is 2.21. The number of amides is 1. The summed E-state index contributed by atoms with van der Waals surface area (Å²) in [7, 11) is 0. The molecule has 0 aliphatic rings. The molecule has 2 heterocycles. The summed E-state index contributed by atoms with van der Waals surface area (Å²) in [5.74, 6) is 4.51. The second-order valence-electron chi connectivity index (χ2n) is 2.21. The van der Waals surface area contributed by atoms with E-state index in [0.717, 1.165) is 4.63 Å². The van der Waals surface area contributed by atoms with Crippen molar-refractivity contribution in [3.63, 3.8) is 0 Å². The van der Waals surface area contributed by atoms with Gasteiger partial charge < -0.3 is 0 Å². The van der Waals surface area contributed by atoms with Crippen LogP contribution in [0.3, 0.4) is 0 Å². The topological polar surface area (TPSA) is 111 Å². The van der Waals surface area contributed by atoms with Gasteiger partial charge in [0.05, 0.1) is 11.8 Å². The molecule has 2 aromatic rings. The Bertz CT molecular complexity index is 449. The molecule has 8 nitrogen and oxygen atoms in total. The molecule has 0 aliphatic heterocycles. The number of nitrogens with one attached hydrogen (secondary N) is 1. The number of rotatable bonds is 1. The molecule has 0 aliphatic carbocycles. The smallest absolute Gasteiger partial charge is 0.269 e. The summed E-state index contributed by atoms with van der Waals surface area (Å²) in [5.41, 5.74) is 2.54.